The topological polar surface area (TPSA) is 52.8 Å². The van der Waals surface area contributed by atoms with Crippen LogP contribution in [0.2, 0.25) is 0 Å². The molecule has 1 saturated heterocycles. The number of carbonyl (C=O) groups is 1. The number of likely N-dealkylation sites (N-methyl/N-ethyl adjacent to an activating group) is 1. The van der Waals surface area contributed by atoms with Gasteiger partial charge in [0.05, 0.1) is 12.1 Å². The van der Waals surface area contributed by atoms with Gasteiger partial charge in [-0.15, -0.1) is 0 Å². The van der Waals surface area contributed by atoms with Crippen molar-refractivity contribution in [3.05, 3.63) is 88.1 Å². The molecule has 0 saturated carbocycles. The first-order chi connectivity index (χ1) is 17.1. The van der Waals surface area contributed by atoms with Gasteiger partial charge in [-0.05, 0) is 43.7 Å². The fraction of sp³-hybridized carbons (Fsp3) is 0.407. The Labute approximate surface area is 209 Å². The zero-order valence-electron chi connectivity index (χ0n) is 20.8. The standard InChI is InChI=1S/C27H31F3N4O2/c1-19-7-8-20(2)22(13-19)16-33(15-21-5-4-6-23(14-21)27(28,29)30)17-25-31-24(18-36-25)26(35)34-11-9-32(3)10-12-34/h4-8,13-14,18H,9-12,15-17H2,1-3H3. The first kappa shape index (κ1) is 25.9. The molecule has 3 aromatic rings. The number of amides is 1. The Bertz CT molecular complexity index is 1200. The SMILES string of the molecule is Cc1ccc(C)c(CN(Cc2cccc(C(F)(F)F)c2)Cc2nc(C(=O)N3CCN(C)CC3)co2)c1. The monoisotopic (exact) mass is 500 g/mol. The van der Waals surface area contributed by atoms with Crippen LogP contribution in [0.15, 0.2) is 53.1 Å². The third-order valence-corrected chi connectivity index (χ3v) is 6.48. The lowest BCUT2D eigenvalue weighted by Gasteiger charge is -2.31. The minimum atomic E-state index is -4.41. The van der Waals surface area contributed by atoms with Crippen LogP contribution in [0, 0.1) is 13.8 Å². The number of hydrogen-bond acceptors (Lipinski definition) is 5. The van der Waals surface area contributed by atoms with Crippen molar-refractivity contribution in [1.82, 2.24) is 19.7 Å². The van der Waals surface area contributed by atoms with Crippen molar-refractivity contribution in [2.45, 2.75) is 39.7 Å². The van der Waals surface area contributed by atoms with Gasteiger partial charge in [0.2, 0.25) is 5.89 Å². The summed E-state index contributed by atoms with van der Waals surface area (Å²) < 4.78 is 45.5. The van der Waals surface area contributed by atoms with Gasteiger partial charge < -0.3 is 14.2 Å². The van der Waals surface area contributed by atoms with Crippen LogP contribution in [-0.4, -0.2) is 58.8 Å². The van der Waals surface area contributed by atoms with Crippen LogP contribution < -0.4 is 0 Å². The van der Waals surface area contributed by atoms with Crippen molar-refractivity contribution in [3.63, 3.8) is 0 Å². The van der Waals surface area contributed by atoms with Crippen LogP contribution in [0.3, 0.4) is 0 Å². The van der Waals surface area contributed by atoms with E-state index in [9.17, 15) is 18.0 Å². The lowest BCUT2D eigenvalue weighted by molar-refractivity contribution is -0.137. The average molecular weight is 501 g/mol. The molecule has 36 heavy (non-hydrogen) atoms. The van der Waals surface area contributed by atoms with E-state index in [1.54, 1.807) is 11.0 Å². The number of rotatable bonds is 7. The highest BCUT2D eigenvalue weighted by Crippen LogP contribution is 2.30. The van der Waals surface area contributed by atoms with Gasteiger partial charge in [-0.3, -0.25) is 9.69 Å². The molecule has 1 aliphatic rings. The zero-order chi connectivity index (χ0) is 25.9. The molecule has 2 heterocycles. The number of nitrogens with zero attached hydrogens (tertiary/aromatic N) is 4. The molecular weight excluding hydrogens is 469 g/mol. The highest BCUT2D eigenvalue weighted by molar-refractivity contribution is 5.92. The number of halogens is 3. The van der Waals surface area contributed by atoms with E-state index in [1.807, 2.05) is 37.9 Å². The number of alkyl halides is 3. The predicted octanol–water partition coefficient (Wildman–Crippen LogP) is 4.90. The Morgan fingerprint density at radius 2 is 1.78 bits per heavy atom. The van der Waals surface area contributed by atoms with Gasteiger partial charge in [-0.2, -0.15) is 13.2 Å². The van der Waals surface area contributed by atoms with Crippen molar-refractivity contribution >= 4 is 5.91 Å². The Kier molecular flexibility index (Phi) is 7.80. The Balaban J connectivity index is 1.54. The summed E-state index contributed by atoms with van der Waals surface area (Å²) in [5, 5.41) is 0. The molecule has 1 aliphatic heterocycles. The van der Waals surface area contributed by atoms with E-state index in [-0.39, 0.29) is 24.7 Å². The van der Waals surface area contributed by atoms with Crippen molar-refractivity contribution in [3.8, 4) is 0 Å². The van der Waals surface area contributed by atoms with Crippen LogP contribution in [0.4, 0.5) is 13.2 Å². The van der Waals surface area contributed by atoms with Gasteiger partial charge >= 0.3 is 6.18 Å². The number of carbonyl (C=O) groups excluding carboxylic acids is 1. The first-order valence-corrected chi connectivity index (χ1v) is 12.0. The molecule has 0 aliphatic carbocycles. The van der Waals surface area contributed by atoms with Crippen LogP contribution >= 0.6 is 0 Å². The van der Waals surface area contributed by atoms with E-state index >= 15 is 0 Å². The highest BCUT2D eigenvalue weighted by Gasteiger charge is 2.30. The van der Waals surface area contributed by atoms with E-state index in [2.05, 4.69) is 16.0 Å². The maximum atomic E-state index is 13.3. The highest BCUT2D eigenvalue weighted by atomic mass is 19.4. The van der Waals surface area contributed by atoms with Crippen molar-refractivity contribution in [2.24, 2.45) is 0 Å². The van der Waals surface area contributed by atoms with Gasteiger partial charge in [-0.25, -0.2) is 4.98 Å². The summed E-state index contributed by atoms with van der Waals surface area (Å²) >= 11 is 0. The number of piperazine rings is 1. The van der Waals surface area contributed by atoms with E-state index in [0.29, 0.717) is 31.1 Å². The molecule has 0 N–H and O–H groups in total. The molecule has 192 valence electrons. The fourth-order valence-electron chi connectivity index (χ4n) is 4.33. The lowest BCUT2D eigenvalue weighted by atomic mass is 10.0. The van der Waals surface area contributed by atoms with E-state index < -0.39 is 11.7 Å². The zero-order valence-corrected chi connectivity index (χ0v) is 20.8. The number of oxazole rings is 1. The van der Waals surface area contributed by atoms with E-state index in [0.717, 1.165) is 35.8 Å². The Hall–Kier alpha value is -3.17. The fourth-order valence-corrected chi connectivity index (χ4v) is 4.33. The molecule has 4 rings (SSSR count). The molecule has 0 atom stereocenters. The maximum Gasteiger partial charge on any atom is 0.416 e. The molecule has 1 aromatic heterocycles. The molecule has 9 heteroatoms. The molecule has 6 nitrogen and oxygen atoms in total. The smallest absolute Gasteiger partial charge is 0.416 e. The molecule has 0 radical (unpaired) electrons. The quantitative estimate of drug-likeness (QED) is 0.462. The summed E-state index contributed by atoms with van der Waals surface area (Å²) in [6, 6.07) is 11.5. The van der Waals surface area contributed by atoms with Crippen molar-refractivity contribution in [1.29, 1.82) is 0 Å². The summed E-state index contributed by atoms with van der Waals surface area (Å²) in [6.45, 7) is 7.89. The number of hydrogen-bond donors (Lipinski definition) is 0. The van der Waals surface area contributed by atoms with Gasteiger partial charge in [0.25, 0.3) is 5.91 Å². The summed E-state index contributed by atoms with van der Waals surface area (Å²) in [7, 11) is 2.02. The Morgan fingerprint density at radius 3 is 2.50 bits per heavy atom. The average Bonchev–Trinajstić information content (AvgIpc) is 3.29. The van der Waals surface area contributed by atoms with Crippen LogP contribution in [-0.2, 0) is 25.8 Å². The molecule has 2 aromatic carbocycles. The number of aromatic nitrogens is 1. The minimum Gasteiger partial charge on any atom is -0.447 e. The van der Waals surface area contributed by atoms with Crippen molar-refractivity contribution in [2.75, 3.05) is 33.2 Å². The second-order valence-corrected chi connectivity index (χ2v) is 9.50. The number of benzene rings is 2. The van der Waals surface area contributed by atoms with Crippen LogP contribution in [0.25, 0.3) is 0 Å². The molecule has 1 amide bonds. The van der Waals surface area contributed by atoms with Crippen molar-refractivity contribution < 1.29 is 22.4 Å². The summed E-state index contributed by atoms with van der Waals surface area (Å²) in [5.41, 5.74) is 3.37. The molecular formula is C27H31F3N4O2. The molecule has 0 unspecified atom stereocenters. The summed E-state index contributed by atoms with van der Waals surface area (Å²) in [5.74, 6) is 0.182. The first-order valence-electron chi connectivity index (χ1n) is 12.0. The predicted molar refractivity (Wildman–Crippen MR) is 130 cm³/mol. The van der Waals surface area contributed by atoms with Gasteiger partial charge in [0.1, 0.15) is 6.26 Å². The van der Waals surface area contributed by atoms with E-state index in [4.69, 9.17) is 4.42 Å². The largest absolute Gasteiger partial charge is 0.447 e. The lowest BCUT2D eigenvalue weighted by Crippen LogP contribution is -2.47. The van der Waals surface area contributed by atoms with Gasteiger partial charge in [0.15, 0.2) is 5.69 Å². The second-order valence-electron chi connectivity index (χ2n) is 9.50. The summed E-state index contributed by atoms with van der Waals surface area (Å²) in [4.78, 5) is 23.2. The second kappa shape index (κ2) is 10.8. The number of aryl methyl sites for hydroxylation is 2. The minimum absolute atomic E-state index is 0.169. The van der Waals surface area contributed by atoms with Gasteiger partial charge in [-0.1, -0.05) is 42.0 Å². The van der Waals surface area contributed by atoms with E-state index in [1.165, 1.54) is 18.4 Å². The van der Waals surface area contributed by atoms with Gasteiger partial charge in [0, 0.05) is 39.3 Å². The molecule has 1 fully saturated rings. The molecule has 0 spiro atoms. The van der Waals surface area contributed by atoms with Crippen LogP contribution in [0.1, 0.15) is 44.2 Å². The third kappa shape index (κ3) is 6.53. The molecule has 0 bridgehead atoms. The Morgan fingerprint density at radius 1 is 1.03 bits per heavy atom. The summed E-state index contributed by atoms with van der Waals surface area (Å²) in [6.07, 6.45) is -3.04. The third-order valence-electron chi connectivity index (χ3n) is 6.48. The van der Waals surface area contributed by atoms with Crippen LogP contribution in [0.5, 0.6) is 0 Å². The maximum absolute atomic E-state index is 13.3. The normalized spacial score (nSPS) is 15.0.